The number of aromatic nitrogens is 3. The van der Waals surface area contributed by atoms with E-state index in [0.29, 0.717) is 5.69 Å². The predicted molar refractivity (Wildman–Crippen MR) is 81.8 cm³/mol. The topological polar surface area (TPSA) is 140 Å². The number of carboxylic acids is 1. The van der Waals surface area contributed by atoms with E-state index in [1.54, 1.807) is 6.07 Å². The number of benzene rings is 1. The van der Waals surface area contributed by atoms with Gasteiger partial charge in [0, 0.05) is 18.7 Å². The maximum atomic E-state index is 12.0. The highest BCUT2D eigenvalue weighted by Gasteiger charge is 2.28. The largest absolute Gasteiger partial charge is 0.481 e. The molecule has 2 rings (SSSR count). The summed E-state index contributed by atoms with van der Waals surface area (Å²) >= 11 is 0. The monoisotopic (exact) mass is 333 g/mol. The summed E-state index contributed by atoms with van der Waals surface area (Å²) in [7, 11) is 0. The minimum absolute atomic E-state index is 0.0253. The molecular formula is C14H15N5O5. The zero-order valence-electron chi connectivity index (χ0n) is 13.0. The van der Waals surface area contributed by atoms with Crippen molar-refractivity contribution in [2.75, 3.05) is 6.54 Å². The van der Waals surface area contributed by atoms with Gasteiger partial charge in [-0.2, -0.15) is 0 Å². The summed E-state index contributed by atoms with van der Waals surface area (Å²) in [5, 5.41) is 29.7. The molecule has 0 atom stereocenters. The Labute approximate surface area is 136 Å². The van der Waals surface area contributed by atoms with Gasteiger partial charge in [0.1, 0.15) is 0 Å². The van der Waals surface area contributed by atoms with Crippen molar-refractivity contribution in [3.8, 4) is 5.69 Å². The van der Waals surface area contributed by atoms with Crippen LogP contribution in [0.15, 0.2) is 30.5 Å². The second-order valence-corrected chi connectivity index (χ2v) is 5.70. The Kier molecular flexibility index (Phi) is 4.58. The van der Waals surface area contributed by atoms with Gasteiger partial charge in [-0.15, -0.1) is 5.10 Å². The zero-order valence-corrected chi connectivity index (χ0v) is 13.0. The lowest BCUT2D eigenvalue weighted by Gasteiger charge is -2.18. The van der Waals surface area contributed by atoms with E-state index in [0.717, 1.165) is 0 Å². The fourth-order valence-electron chi connectivity index (χ4n) is 1.71. The van der Waals surface area contributed by atoms with E-state index in [9.17, 15) is 19.7 Å². The van der Waals surface area contributed by atoms with Gasteiger partial charge in [0.15, 0.2) is 5.69 Å². The summed E-state index contributed by atoms with van der Waals surface area (Å²) in [6, 6.07) is 5.70. The lowest BCUT2D eigenvalue weighted by molar-refractivity contribution is -0.384. The van der Waals surface area contributed by atoms with Gasteiger partial charge in [-0.3, -0.25) is 19.7 Å². The number of amides is 1. The number of hydrogen-bond acceptors (Lipinski definition) is 6. The summed E-state index contributed by atoms with van der Waals surface area (Å²) in [6.45, 7) is 2.88. The van der Waals surface area contributed by atoms with E-state index >= 15 is 0 Å². The molecule has 0 saturated carbocycles. The number of nitro groups is 1. The van der Waals surface area contributed by atoms with Crippen LogP contribution in [0.2, 0.25) is 0 Å². The van der Waals surface area contributed by atoms with Gasteiger partial charge in [-0.25, -0.2) is 4.68 Å². The summed E-state index contributed by atoms with van der Waals surface area (Å²) in [4.78, 5) is 33.3. The Morgan fingerprint density at radius 2 is 2.12 bits per heavy atom. The van der Waals surface area contributed by atoms with E-state index < -0.39 is 22.2 Å². The third-order valence-corrected chi connectivity index (χ3v) is 3.30. The van der Waals surface area contributed by atoms with E-state index in [2.05, 4.69) is 15.6 Å². The number of carboxylic acid groups (broad SMARTS) is 1. The van der Waals surface area contributed by atoms with Crippen LogP contribution in [-0.2, 0) is 4.79 Å². The van der Waals surface area contributed by atoms with Crippen molar-refractivity contribution in [1.82, 2.24) is 20.3 Å². The van der Waals surface area contributed by atoms with Gasteiger partial charge in [0.05, 0.1) is 22.2 Å². The first-order valence-electron chi connectivity index (χ1n) is 6.89. The number of nitrogens with one attached hydrogen (secondary N) is 1. The van der Waals surface area contributed by atoms with Gasteiger partial charge >= 0.3 is 5.97 Å². The zero-order chi connectivity index (χ0) is 17.9. The number of carbonyl (C=O) groups excluding carboxylic acids is 1. The summed E-state index contributed by atoms with van der Waals surface area (Å²) < 4.78 is 1.23. The lowest BCUT2D eigenvalue weighted by atomic mass is 9.94. The van der Waals surface area contributed by atoms with Crippen molar-refractivity contribution in [2.24, 2.45) is 5.41 Å². The molecule has 0 radical (unpaired) electrons. The van der Waals surface area contributed by atoms with E-state index in [1.807, 2.05) is 0 Å². The first kappa shape index (κ1) is 17.1. The molecule has 24 heavy (non-hydrogen) atoms. The van der Waals surface area contributed by atoms with E-state index in [4.69, 9.17) is 5.11 Å². The number of carbonyl (C=O) groups is 2. The van der Waals surface area contributed by atoms with Crippen molar-refractivity contribution < 1.29 is 19.6 Å². The Hall–Kier alpha value is -3.30. The third-order valence-electron chi connectivity index (χ3n) is 3.30. The fraction of sp³-hybridized carbons (Fsp3) is 0.286. The molecule has 10 nitrogen and oxygen atoms in total. The van der Waals surface area contributed by atoms with Crippen LogP contribution in [0.25, 0.3) is 5.69 Å². The molecule has 0 aliphatic heterocycles. The molecule has 0 spiro atoms. The minimum Gasteiger partial charge on any atom is -0.481 e. The molecule has 1 heterocycles. The predicted octanol–water partition coefficient (Wildman–Crippen LogP) is 1.02. The molecule has 2 aromatic rings. The van der Waals surface area contributed by atoms with E-state index in [-0.39, 0.29) is 17.9 Å². The van der Waals surface area contributed by atoms with Crippen LogP contribution in [-0.4, -0.2) is 43.4 Å². The Balaban J connectivity index is 2.13. The number of hydrogen-bond donors (Lipinski definition) is 2. The number of rotatable bonds is 6. The first-order valence-corrected chi connectivity index (χ1v) is 6.89. The maximum absolute atomic E-state index is 12.0. The normalized spacial score (nSPS) is 11.1. The van der Waals surface area contributed by atoms with Gasteiger partial charge in [0.25, 0.3) is 11.6 Å². The number of aliphatic carboxylic acids is 1. The highest BCUT2D eigenvalue weighted by atomic mass is 16.6. The molecule has 10 heteroatoms. The number of nitrogens with zero attached hydrogens (tertiary/aromatic N) is 4. The van der Waals surface area contributed by atoms with Crippen LogP contribution in [0.5, 0.6) is 0 Å². The van der Waals surface area contributed by atoms with Crippen molar-refractivity contribution in [3.63, 3.8) is 0 Å². The molecule has 0 aliphatic rings. The molecule has 1 aromatic carbocycles. The molecule has 0 unspecified atom stereocenters. The van der Waals surface area contributed by atoms with Crippen molar-refractivity contribution in [2.45, 2.75) is 13.8 Å². The summed E-state index contributed by atoms with van der Waals surface area (Å²) in [5.41, 5.74) is -0.882. The number of nitro benzene ring substituents is 1. The molecule has 0 aliphatic carbocycles. The molecule has 0 saturated heterocycles. The molecular weight excluding hydrogens is 318 g/mol. The van der Waals surface area contributed by atoms with Crippen LogP contribution in [0.4, 0.5) is 5.69 Å². The van der Waals surface area contributed by atoms with Crippen molar-refractivity contribution in [3.05, 3.63) is 46.3 Å². The molecule has 0 fully saturated rings. The minimum atomic E-state index is -1.12. The molecule has 126 valence electrons. The first-order chi connectivity index (χ1) is 11.2. The van der Waals surface area contributed by atoms with E-state index in [1.165, 1.54) is 42.9 Å². The van der Waals surface area contributed by atoms with Gasteiger partial charge in [-0.1, -0.05) is 11.3 Å². The van der Waals surface area contributed by atoms with Crippen molar-refractivity contribution >= 4 is 17.6 Å². The van der Waals surface area contributed by atoms with Gasteiger partial charge < -0.3 is 10.4 Å². The van der Waals surface area contributed by atoms with Crippen LogP contribution < -0.4 is 5.32 Å². The summed E-state index contributed by atoms with van der Waals surface area (Å²) in [5.74, 6) is -1.62. The van der Waals surface area contributed by atoms with Crippen LogP contribution in [0.1, 0.15) is 24.3 Å². The van der Waals surface area contributed by atoms with Crippen LogP contribution in [0, 0.1) is 15.5 Å². The molecule has 1 aromatic heterocycles. The lowest BCUT2D eigenvalue weighted by Crippen LogP contribution is -2.39. The second-order valence-electron chi connectivity index (χ2n) is 5.70. The Bertz CT molecular complexity index is 798. The molecule has 2 N–H and O–H groups in total. The SMILES string of the molecule is CC(C)(CNC(=O)c1cn(-c2cccc([N+](=O)[O-])c2)nn1)C(=O)O. The fourth-order valence-corrected chi connectivity index (χ4v) is 1.71. The molecule has 0 bridgehead atoms. The summed E-state index contributed by atoms with van der Waals surface area (Å²) in [6.07, 6.45) is 1.31. The standard InChI is InChI=1S/C14H15N5O5/c1-14(2,13(21)22)8-15-12(20)11-7-18(17-16-11)9-4-3-5-10(6-9)19(23)24/h3-7H,8H2,1-2H3,(H,15,20)(H,21,22). The highest BCUT2D eigenvalue weighted by molar-refractivity contribution is 5.92. The maximum Gasteiger partial charge on any atom is 0.310 e. The van der Waals surface area contributed by atoms with Crippen LogP contribution >= 0.6 is 0 Å². The third kappa shape index (κ3) is 3.72. The average Bonchev–Trinajstić information content (AvgIpc) is 3.02. The van der Waals surface area contributed by atoms with Crippen LogP contribution in [0.3, 0.4) is 0 Å². The highest BCUT2D eigenvalue weighted by Crippen LogP contribution is 2.16. The number of non-ortho nitro benzene ring substituents is 1. The molecule has 1 amide bonds. The Morgan fingerprint density at radius 1 is 1.42 bits per heavy atom. The van der Waals surface area contributed by atoms with Gasteiger partial charge in [0.2, 0.25) is 0 Å². The average molecular weight is 333 g/mol. The quantitative estimate of drug-likeness (QED) is 0.594. The second kappa shape index (κ2) is 6.44. The van der Waals surface area contributed by atoms with Crippen molar-refractivity contribution in [1.29, 1.82) is 0 Å². The Morgan fingerprint density at radius 3 is 2.75 bits per heavy atom. The van der Waals surface area contributed by atoms with Gasteiger partial charge in [-0.05, 0) is 19.9 Å². The smallest absolute Gasteiger partial charge is 0.310 e.